The first-order chi connectivity index (χ1) is 12.4. The van der Waals surface area contributed by atoms with Crippen molar-refractivity contribution < 1.29 is 14.6 Å². The van der Waals surface area contributed by atoms with Crippen LogP contribution in [0, 0.1) is 5.41 Å². The molecule has 0 spiro atoms. The topological polar surface area (TPSA) is 76.4 Å². The van der Waals surface area contributed by atoms with Gasteiger partial charge in [0.25, 0.3) is 0 Å². The molecule has 0 bridgehead atoms. The number of ether oxygens (including phenoxy) is 1. The van der Waals surface area contributed by atoms with Gasteiger partial charge in [-0.2, -0.15) is 5.10 Å². The SMILES string of the molecule is Cn1ncc2c(-c3ccc4c(c3)OCC(C)(C)C4NC(=O)O)cccc21. The molecule has 1 unspecified atom stereocenters. The predicted molar refractivity (Wildman–Crippen MR) is 99.3 cm³/mol. The van der Waals surface area contributed by atoms with E-state index >= 15 is 0 Å². The monoisotopic (exact) mass is 351 g/mol. The van der Waals surface area contributed by atoms with E-state index in [1.807, 2.05) is 62.1 Å². The van der Waals surface area contributed by atoms with Crippen molar-refractivity contribution in [1.82, 2.24) is 15.1 Å². The smallest absolute Gasteiger partial charge is 0.405 e. The molecule has 4 rings (SSSR count). The lowest BCUT2D eigenvalue weighted by molar-refractivity contribution is 0.0996. The summed E-state index contributed by atoms with van der Waals surface area (Å²) < 4.78 is 7.83. The van der Waals surface area contributed by atoms with Gasteiger partial charge in [-0.25, -0.2) is 4.79 Å². The number of hydrogen-bond acceptors (Lipinski definition) is 3. The summed E-state index contributed by atoms with van der Waals surface area (Å²) >= 11 is 0. The predicted octanol–water partition coefficient (Wildman–Crippen LogP) is 3.97. The van der Waals surface area contributed by atoms with E-state index in [9.17, 15) is 9.90 Å². The highest BCUT2D eigenvalue weighted by atomic mass is 16.5. The molecule has 134 valence electrons. The number of aromatic nitrogens is 2. The zero-order valence-corrected chi connectivity index (χ0v) is 15.0. The first-order valence-corrected chi connectivity index (χ1v) is 8.54. The van der Waals surface area contributed by atoms with Crippen LogP contribution in [0.2, 0.25) is 0 Å². The number of benzene rings is 2. The minimum absolute atomic E-state index is 0.313. The molecule has 1 aliphatic rings. The van der Waals surface area contributed by atoms with Gasteiger partial charge >= 0.3 is 6.09 Å². The van der Waals surface area contributed by atoms with Crippen molar-refractivity contribution in [2.24, 2.45) is 12.5 Å². The van der Waals surface area contributed by atoms with Gasteiger partial charge in [-0.1, -0.05) is 38.1 Å². The van der Waals surface area contributed by atoms with Crippen LogP contribution in [0.1, 0.15) is 25.5 Å². The third kappa shape index (κ3) is 2.58. The third-order valence-electron chi connectivity index (χ3n) is 5.08. The maximum Gasteiger partial charge on any atom is 0.405 e. The number of fused-ring (bicyclic) bond motifs is 2. The van der Waals surface area contributed by atoms with E-state index in [-0.39, 0.29) is 11.5 Å². The normalized spacial score (nSPS) is 18.2. The highest BCUT2D eigenvalue weighted by Gasteiger charge is 2.38. The van der Waals surface area contributed by atoms with Crippen molar-refractivity contribution >= 4 is 17.0 Å². The molecule has 2 aromatic carbocycles. The van der Waals surface area contributed by atoms with Gasteiger partial charge in [-0.3, -0.25) is 4.68 Å². The van der Waals surface area contributed by atoms with Gasteiger partial charge in [0, 0.05) is 23.4 Å². The van der Waals surface area contributed by atoms with Gasteiger partial charge in [-0.05, 0) is 23.3 Å². The third-order valence-corrected chi connectivity index (χ3v) is 5.08. The van der Waals surface area contributed by atoms with E-state index < -0.39 is 6.09 Å². The minimum Gasteiger partial charge on any atom is -0.493 e. The largest absolute Gasteiger partial charge is 0.493 e. The van der Waals surface area contributed by atoms with Crippen LogP contribution >= 0.6 is 0 Å². The van der Waals surface area contributed by atoms with E-state index in [0.29, 0.717) is 6.61 Å². The Morgan fingerprint density at radius 1 is 1.35 bits per heavy atom. The Kier molecular flexibility index (Phi) is 3.64. The van der Waals surface area contributed by atoms with E-state index in [2.05, 4.69) is 16.5 Å². The molecular formula is C20H21N3O3. The number of aryl methyl sites for hydroxylation is 1. The molecule has 0 radical (unpaired) electrons. The molecule has 6 heteroatoms. The molecule has 0 fully saturated rings. The van der Waals surface area contributed by atoms with Gasteiger partial charge in [0.05, 0.1) is 24.4 Å². The molecule has 2 N–H and O–H groups in total. The summed E-state index contributed by atoms with van der Waals surface area (Å²) in [5, 5.41) is 17.3. The van der Waals surface area contributed by atoms with Gasteiger partial charge in [0.1, 0.15) is 5.75 Å². The fraction of sp³-hybridized carbons (Fsp3) is 0.300. The van der Waals surface area contributed by atoms with Gasteiger partial charge in [0.2, 0.25) is 0 Å². The molecule has 0 aliphatic carbocycles. The van der Waals surface area contributed by atoms with Crippen LogP contribution in [-0.4, -0.2) is 27.6 Å². The van der Waals surface area contributed by atoms with Crippen molar-refractivity contribution in [3.63, 3.8) is 0 Å². The summed E-state index contributed by atoms with van der Waals surface area (Å²) in [6.07, 6.45) is 0.836. The Bertz CT molecular complexity index is 1010. The summed E-state index contributed by atoms with van der Waals surface area (Å²) in [6.45, 7) is 4.45. The summed E-state index contributed by atoms with van der Waals surface area (Å²) in [4.78, 5) is 11.2. The summed E-state index contributed by atoms with van der Waals surface area (Å²) in [5.74, 6) is 0.724. The van der Waals surface area contributed by atoms with Crippen molar-refractivity contribution in [3.8, 4) is 16.9 Å². The van der Waals surface area contributed by atoms with E-state index in [0.717, 1.165) is 33.3 Å². The number of nitrogens with one attached hydrogen (secondary N) is 1. The second-order valence-electron chi connectivity index (χ2n) is 7.42. The lowest BCUT2D eigenvalue weighted by atomic mass is 9.78. The van der Waals surface area contributed by atoms with Crippen molar-refractivity contribution in [1.29, 1.82) is 0 Å². The average Bonchev–Trinajstić information content (AvgIpc) is 2.98. The van der Waals surface area contributed by atoms with Crippen molar-refractivity contribution in [3.05, 3.63) is 48.2 Å². The van der Waals surface area contributed by atoms with Crippen LogP contribution in [0.15, 0.2) is 42.6 Å². The van der Waals surface area contributed by atoms with E-state index in [1.165, 1.54) is 0 Å². The summed E-state index contributed by atoms with van der Waals surface area (Å²) in [5.41, 5.74) is 3.71. The number of carboxylic acid groups (broad SMARTS) is 1. The maximum absolute atomic E-state index is 11.2. The number of carbonyl (C=O) groups is 1. The lowest BCUT2D eigenvalue weighted by Gasteiger charge is -2.39. The Hall–Kier alpha value is -3.02. The molecule has 0 saturated carbocycles. The van der Waals surface area contributed by atoms with Crippen LogP contribution < -0.4 is 10.1 Å². The zero-order chi connectivity index (χ0) is 18.5. The fourth-order valence-electron chi connectivity index (χ4n) is 3.66. The van der Waals surface area contributed by atoms with E-state index in [1.54, 1.807) is 0 Å². The van der Waals surface area contributed by atoms with Crippen molar-refractivity contribution in [2.75, 3.05) is 6.61 Å². The fourth-order valence-corrected chi connectivity index (χ4v) is 3.66. The quantitative estimate of drug-likeness (QED) is 0.732. The summed E-state index contributed by atoms with van der Waals surface area (Å²) in [7, 11) is 1.92. The first kappa shape index (κ1) is 16.4. The summed E-state index contributed by atoms with van der Waals surface area (Å²) in [6, 6.07) is 11.8. The Morgan fingerprint density at radius 2 is 2.15 bits per heavy atom. The van der Waals surface area contributed by atoms with Crippen LogP contribution in [-0.2, 0) is 7.05 Å². The molecule has 0 saturated heterocycles. The van der Waals surface area contributed by atoms with Crippen LogP contribution in [0.25, 0.3) is 22.0 Å². The highest BCUT2D eigenvalue weighted by molar-refractivity contribution is 5.94. The molecule has 26 heavy (non-hydrogen) atoms. The van der Waals surface area contributed by atoms with Crippen LogP contribution in [0.3, 0.4) is 0 Å². The van der Waals surface area contributed by atoms with Gasteiger partial charge < -0.3 is 15.2 Å². The molecule has 6 nitrogen and oxygen atoms in total. The van der Waals surface area contributed by atoms with Gasteiger partial charge in [-0.15, -0.1) is 0 Å². The Balaban J connectivity index is 1.81. The number of rotatable bonds is 2. The molecule has 1 atom stereocenters. The molecule has 3 aromatic rings. The second kappa shape index (κ2) is 5.76. The van der Waals surface area contributed by atoms with Crippen molar-refractivity contribution in [2.45, 2.75) is 19.9 Å². The number of amides is 1. The molecule has 1 aromatic heterocycles. The molecule has 1 aliphatic heterocycles. The maximum atomic E-state index is 11.2. The number of hydrogen-bond donors (Lipinski definition) is 2. The van der Waals surface area contributed by atoms with Crippen LogP contribution in [0.5, 0.6) is 5.75 Å². The highest BCUT2D eigenvalue weighted by Crippen LogP contribution is 2.44. The van der Waals surface area contributed by atoms with Crippen LogP contribution in [0.4, 0.5) is 4.79 Å². The molecule has 1 amide bonds. The average molecular weight is 351 g/mol. The standard InChI is InChI=1S/C20H21N3O3/c1-20(2)11-26-17-9-12(7-8-14(17)18(20)22-19(24)25)13-5-4-6-16-15(13)10-21-23(16)3/h4-10,18,22H,11H2,1-3H3,(H,24,25). The second-order valence-corrected chi connectivity index (χ2v) is 7.42. The van der Waals surface area contributed by atoms with Gasteiger partial charge in [0.15, 0.2) is 0 Å². The molecular weight excluding hydrogens is 330 g/mol. The molecule has 2 heterocycles. The Morgan fingerprint density at radius 3 is 2.92 bits per heavy atom. The lowest BCUT2D eigenvalue weighted by Crippen LogP contribution is -2.43. The Labute approximate surface area is 151 Å². The number of nitrogens with zero attached hydrogens (tertiary/aromatic N) is 2. The first-order valence-electron chi connectivity index (χ1n) is 8.54. The van der Waals surface area contributed by atoms with E-state index in [4.69, 9.17) is 4.74 Å². The zero-order valence-electron chi connectivity index (χ0n) is 15.0. The minimum atomic E-state index is -1.03.